The largest absolute Gasteiger partial charge is 0.508 e. The SMILES string of the molecule is CN(C(=O)c1ccoc1)c1cccc(O)c1. The van der Waals surface area contributed by atoms with Crippen molar-refractivity contribution >= 4 is 11.6 Å². The fourth-order valence-corrected chi connectivity index (χ4v) is 1.40. The number of furan rings is 1. The van der Waals surface area contributed by atoms with Crippen LogP contribution < -0.4 is 4.90 Å². The number of carbonyl (C=O) groups excluding carboxylic acids is 1. The minimum absolute atomic E-state index is 0.129. The van der Waals surface area contributed by atoms with Gasteiger partial charge in [-0.15, -0.1) is 0 Å². The van der Waals surface area contributed by atoms with E-state index in [0.717, 1.165) is 0 Å². The Kier molecular flexibility index (Phi) is 2.64. The number of carbonyl (C=O) groups is 1. The van der Waals surface area contributed by atoms with E-state index in [1.54, 1.807) is 31.3 Å². The van der Waals surface area contributed by atoms with Crippen molar-refractivity contribution in [1.29, 1.82) is 0 Å². The van der Waals surface area contributed by atoms with Gasteiger partial charge in [-0.2, -0.15) is 0 Å². The normalized spacial score (nSPS) is 10.1. The molecule has 1 amide bonds. The van der Waals surface area contributed by atoms with Crippen molar-refractivity contribution in [3.8, 4) is 5.75 Å². The molecule has 16 heavy (non-hydrogen) atoms. The van der Waals surface area contributed by atoms with Gasteiger partial charge in [0.05, 0.1) is 11.8 Å². The molecule has 0 fully saturated rings. The van der Waals surface area contributed by atoms with Gasteiger partial charge in [0.1, 0.15) is 12.0 Å². The third-order valence-electron chi connectivity index (χ3n) is 2.29. The van der Waals surface area contributed by atoms with Crippen LogP contribution in [0.15, 0.2) is 47.3 Å². The lowest BCUT2D eigenvalue weighted by atomic mass is 10.2. The molecule has 4 nitrogen and oxygen atoms in total. The van der Waals surface area contributed by atoms with Crippen LogP contribution in [-0.4, -0.2) is 18.1 Å². The number of phenolic OH excluding ortho intramolecular Hbond substituents is 1. The summed E-state index contributed by atoms with van der Waals surface area (Å²) >= 11 is 0. The molecule has 0 saturated heterocycles. The van der Waals surface area contributed by atoms with E-state index in [9.17, 15) is 9.90 Å². The highest BCUT2D eigenvalue weighted by atomic mass is 16.3. The molecule has 1 aromatic heterocycles. The van der Waals surface area contributed by atoms with Crippen molar-refractivity contribution in [1.82, 2.24) is 0 Å². The van der Waals surface area contributed by atoms with Gasteiger partial charge in [0, 0.05) is 18.8 Å². The highest BCUT2D eigenvalue weighted by Gasteiger charge is 2.14. The van der Waals surface area contributed by atoms with Crippen LogP contribution in [0.5, 0.6) is 5.75 Å². The molecule has 2 rings (SSSR count). The fraction of sp³-hybridized carbons (Fsp3) is 0.0833. The Morgan fingerprint density at radius 3 is 2.81 bits per heavy atom. The first-order valence-electron chi connectivity index (χ1n) is 4.78. The van der Waals surface area contributed by atoms with Gasteiger partial charge >= 0.3 is 0 Å². The second kappa shape index (κ2) is 4.10. The Balaban J connectivity index is 2.26. The van der Waals surface area contributed by atoms with Crippen molar-refractivity contribution in [2.45, 2.75) is 0 Å². The molecule has 0 bridgehead atoms. The molecular weight excluding hydrogens is 206 g/mol. The van der Waals surface area contributed by atoms with Crippen molar-refractivity contribution < 1.29 is 14.3 Å². The third-order valence-corrected chi connectivity index (χ3v) is 2.29. The molecule has 0 aliphatic rings. The molecule has 1 aromatic carbocycles. The number of rotatable bonds is 2. The first-order valence-corrected chi connectivity index (χ1v) is 4.78. The number of hydrogen-bond donors (Lipinski definition) is 1. The monoisotopic (exact) mass is 217 g/mol. The summed E-state index contributed by atoms with van der Waals surface area (Å²) in [5.74, 6) is -0.0521. The van der Waals surface area contributed by atoms with E-state index in [1.807, 2.05) is 0 Å². The Hall–Kier alpha value is -2.23. The number of benzene rings is 1. The molecule has 82 valence electrons. The summed E-state index contributed by atoms with van der Waals surface area (Å²) < 4.78 is 4.85. The molecule has 0 atom stereocenters. The lowest BCUT2D eigenvalue weighted by Crippen LogP contribution is -2.25. The summed E-state index contributed by atoms with van der Waals surface area (Å²) in [6, 6.07) is 8.11. The molecule has 0 aliphatic carbocycles. The molecule has 0 saturated carbocycles. The van der Waals surface area contributed by atoms with Crippen LogP contribution >= 0.6 is 0 Å². The summed E-state index contributed by atoms with van der Waals surface area (Å²) in [5, 5.41) is 9.32. The Morgan fingerprint density at radius 1 is 1.38 bits per heavy atom. The van der Waals surface area contributed by atoms with Gasteiger partial charge in [0.2, 0.25) is 0 Å². The molecule has 0 unspecified atom stereocenters. The first-order chi connectivity index (χ1) is 7.68. The van der Waals surface area contributed by atoms with Crippen molar-refractivity contribution in [3.05, 3.63) is 48.4 Å². The van der Waals surface area contributed by atoms with E-state index in [-0.39, 0.29) is 11.7 Å². The van der Waals surface area contributed by atoms with Gasteiger partial charge in [-0.3, -0.25) is 4.79 Å². The highest BCUT2D eigenvalue weighted by molar-refractivity contribution is 6.05. The standard InChI is InChI=1S/C12H11NO3/c1-13(10-3-2-4-11(14)7-10)12(15)9-5-6-16-8-9/h2-8,14H,1H3. The zero-order valence-corrected chi connectivity index (χ0v) is 8.75. The Bertz CT molecular complexity index is 491. The van der Waals surface area contributed by atoms with Gasteiger partial charge in [0.25, 0.3) is 5.91 Å². The molecule has 2 aromatic rings. The van der Waals surface area contributed by atoms with Crippen LogP contribution in [0, 0.1) is 0 Å². The van der Waals surface area contributed by atoms with E-state index in [2.05, 4.69) is 0 Å². The molecular formula is C12H11NO3. The summed E-state index contributed by atoms with van der Waals surface area (Å²) in [7, 11) is 1.64. The summed E-state index contributed by atoms with van der Waals surface area (Å²) in [4.78, 5) is 13.4. The minimum Gasteiger partial charge on any atom is -0.508 e. The van der Waals surface area contributed by atoms with Gasteiger partial charge < -0.3 is 14.4 Å². The first kappa shape index (κ1) is 10.3. The number of aromatic hydroxyl groups is 1. The number of nitrogens with zero attached hydrogens (tertiary/aromatic N) is 1. The van der Waals surface area contributed by atoms with Crippen LogP contribution in [0.25, 0.3) is 0 Å². The lowest BCUT2D eigenvalue weighted by Gasteiger charge is -2.16. The predicted octanol–water partition coefficient (Wildman–Crippen LogP) is 2.26. The second-order valence-corrected chi connectivity index (χ2v) is 3.40. The maximum atomic E-state index is 11.9. The number of hydrogen-bond acceptors (Lipinski definition) is 3. The van der Waals surface area contributed by atoms with Gasteiger partial charge in [-0.05, 0) is 18.2 Å². The van der Waals surface area contributed by atoms with Gasteiger partial charge in [-0.25, -0.2) is 0 Å². The van der Waals surface area contributed by atoms with Crippen LogP contribution in [0.4, 0.5) is 5.69 Å². The minimum atomic E-state index is -0.181. The predicted molar refractivity (Wildman–Crippen MR) is 59.5 cm³/mol. The van der Waals surface area contributed by atoms with Crippen LogP contribution in [0.2, 0.25) is 0 Å². The molecule has 0 radical (unpaired) electrons. The van der Waals surface area contributed by atoms with E-state index in [0.29, 0.717) is 11.3 Å². The van der Waals surface area contributed by atoms with Crippen LogP contribution in [-0.2, 0) is 0 Å². The topological polar surface area (TPSA) is 53.7 Å². The molecule has 1 heterocycles. The van der Waals surface area contributed by atoms with Crippen LogP contribution in [0.3, 0.4) is 0 Å². The molecule has 0 aliphatic heterocycles. The summed E-state index contributed by atoms with van der Waals surface area (Å²) in [6.45, 7) is 0. The summed E-state index contributed by atoms with van der Waals surface area (Å²) in [5.41, 5.74) is 1.11. The van der Waals surface area contributed by atoms with Crippen molar-refractivity contribution in [3.63, 3.8) is 0 Å². The van der Waals surface area contributed by atoms with E-state index in [4.69, 9.17) is 4.42 Å². The summed E-state index contributed by atoms with van der Waals surface area (Å²) in [6.07, 6.45) is 2.84. The second-order valence-electron chi connectivity index (χ2n) is 3.40. The average Bonchev–Trinajstić information content (AvgIpc) is 2.80. The smallest absolute Gasteiger partial charge is 0.261 e. The van der Waals surface area contributed by atoms with Gasteiger partial charge in [0.15, 0.2) is 0 Å². The molecule has 4 heteroatoms. The number of anilines is 1. The lowest BCUT2D eigenvalue weighted by molar-refractivity contribution is 0.0992. The maximum absolute atomic E-state index is 11.9. The number of amides is 1. The van der Waals surface area contributed by atoms with E-state index < -0.39 is 0 Å². The number of phenols is 1. The maximum Gasteiger partial charge on any atom is 0.261 e. The third kappa shape index (κ3) is 1.91. The quantitative estimate of drug-likeness (QED) is 0.839. The van der Waals surface area contributed by atoms with Crippen molar-refractivity contribution in [2.75, 3.05) is 11.9 Å². The average molecular weight is 217 g/mol. The van der Waals surface area contributed by atoms with Crippen molar-refractivity contribution in [2.24, 2.45) is 0 Å². The molecule has 0 spiro atoms. The van der Waals surface area contributed by atoms with E-state index >= 15 is 0 Å². The van der Waals surface area contributed by atoms with E-state index in [1.165, 1.54) is 23.5 Å². The zero-order chi connectivity index (χ0) is 11.5. The van der Waals surface area contributed by atoms with Crippen LogP contribution in [0.1, 0.15) is 10.4 Å². The van der Waals surface area contributed by atoms with Gasteiger partial charge in [-0.1, -0.05) is 6.07 Å². The Morgan fingerprint density at radius 2 is 2.19 bits per heavy atom. The zero-order valence-electron chi connectivity index (χ0n) is 8.75. The highest BCUT2D eigenvalue weighted by Crippen LogP contribution is 2.20. The molecule has 1 N–H and O–H groups in total. The fourth-order valence-electron chi connectivity index (χ4n) is 1.40. The Labute approximate surface area is 92.7 Å².